The van der Waals surface area contributed by atoms with Crippen LogP contribution >= 0.6 is 11.8 Å². The maximum Gasteiger partial charge on any atom is 0.233 e. The molecular weight excluding hydrogens is 258 g/mol. The zero-order valence-electron chi connectivity index (χ0n) is 12.8. The van der Waals surface area contributed by atoms with Crippen LogP contribution in [0, 0.1) is 0 Å². The molecule has 0 spiro atoms. The normalized spacial score (nSPS) is 20.3. The fourth-order valence-electron chi connectivity index (χ4n) is 2.69. The molecule has 1 aliphatic carbocycles. The fraction of sp³-hybridized carbons (Fsp3) is 0.933. The first-order chi connectivity index (χ1) is 8.93. The number of carbonyl (C=O) groups is 1. The van der Waals surface area contributed by atoms with Gasteiger partial charge in [-0.1, -0.05) is 26.2 Å². The van der Waals surface area contributed by atoms with Crippen LogP contribution in [0.25, 0.3) is 0 Å². The minimum atomic E-state index is -0.361. The van der Waals surface area contributed by atoms with Crippen molar-refractivity contribution in [1.29, 1.82) is 0 Å². The Kier molecular flexibility index (Phi) is 7.22. The Labute approximate surface area is 122 Å². The number of thioether (sulfide) groups is 1. The topological polar surface area (TPSA) is 40.5 Å². The van der Waals surface area contributed by atoms with Crippen LogP contribution in [-0.4, -0.2) is 45.1 Å². The van der Waals surface area contributed by atoms with Gasteiger partial charge in [0.05, 0.1) is 11.9 Å². The second-order valence-electron chi connectivity index (χ2n) is 5.94. The van der Waals surface area contributed by atoms with Crippen LogP contribution in [0.3, 0.4) is 0 Å². The molecule has 3 nitrogen and oxygen atoms in total. The maximum atomic E-state index is 12.4. The van der Waals surface area contributed by atoms with E-state index in [0.29, 0.717) is 11.8 Å². The minimum absolute atomic E-state index is 0.115. The molecule has 1 N–H and O–H groups in total. The number of rotatable bonds is 6. The molecule has 0 aliphatic heterocycles. The lowest BCUT2D eigenvalue weighted by Gasteiger charge is -2.37. The quantitative estimate of drug-likeness (QED) is 0.816. The maximum absolute atomic E-state index is 12.4. The average Bonchev–Trinajstić information content (AvgIpc) is 2.36. The molecule has 0 aromatic rings. The number of hydrogen-bond donors (Lipinski definition) is 1. The lowest BCUT2D eigenvalue weighted by molar-refractivity contribution is -0.133. The van der Waals surface area contributed by atoms with E-state index in [-0.39, 0.29) is 23.3 Å². The van der Waals surface area contributed by atoms with E-state index in [1.54, 1.807) is 18.7 Å². The third kappa shape index (κ3) is 5.35. The van der Waals surface area contributed by atoms with Gasteiger partial charge in [0, 0.05) is 17.3 Å². The molecule has 2 unspecified atom stereocenters. The average molecular weight is 287 g/mol. The Hall–Kier alpha value is -0.220. The first-order valence-electron chi connectivity index (χ1n) is 7.54. The molecular formula is C15H29NO2S. The van der Waals surface area contributed by atoms with Gasteiger partial charge in [-0.2, -0.15) is 0 Å². The molecule has 4 heteroatoms. The van der Waals surface area contributed by atoms with Crippen molar-refractivity contribution in [2.24, 2.45) is 0 Å². The van der Waals surface area contributed by atoms with Gasteiger partial charge in [-0.05, 0) is 33.6 Å². The van der Waals surface area contributed by atoms with E-state index in [9.17, 15) is 9.90 Å². The molecule has 0 heterocycles. The summed E-state index contributed by atoms with van der Waals surface area (Å²) >= 11 is 1.56. The summed E-state index contributed by atoms with van der Waals surface area (Å²) in [6.07, 6.45) is 5.75. The highest BCUT2D eigenvalue weighted by Crippen LogP contribution is 2.25. The summed E-state index contributed by atoms with van der Waals surface area (Å²) in [6.45, 7) is 7.97. The van der Waals surface area contributed by atoms with Gasteiger partial charge in [0.1, 0.15) is 0 Å². The summed E-state index contributed by atoms with van der Waals surface area (Å²) in [7, 11) is 0. The highest BCUT2D eigenvalue weighted by Gasteiger charge is 2.27. The van der Waals surface area contributed by atoms with Crippen molar-refractivity contribution in [3.63, 3.8) is 0 Å². The number of carbonyl (C=O) groups excluding carboxylic acids is 1. The lowest BCUT2D eigenvalue weighted by Crippen LogP contribution is -2.46. The smallest absolute Gasteiger partial charge is 0.233 e. The van der Waals surface area contributed by atoms with Crippen LogP contribution in [0.15, 0.2) is 0 Å². The van der Waals surface area contributed by atoms with Crippen molar-refractivity contribution in [1.82, 2.24) is 4.90 Å². The largest absolute Gasteiger partial charge is 0.392 e. The van der Waals surface area contributed by atoms with Gasteiger partial charge in [-0.25, -0.2) is 0 Å². The molecule has 0 bridgehead atoms. The van der Waals surface area contributed by atoms with Gasteiger partial charge in [0.15, 0.2) is 0 Å². The summed E-state index contributed by atoms with van der Waals surface area (Å²) in [5, 5.41) is 9.60. The molecule has 1 fully saturated rings. The Morgan fingerprint density at radius 3 is 2.26 bits per heavy atom. The van der Waals surface area contributed by atoms with E-state index in [2.05, 4.69) is 18.7 Å². The zero-order chi connectivity index (χ0) is 14.4. The molecule has 0 radical (unpaired) electrons. The first kappa shape index (κ1) is 16.8. The molecule has 0 saturated heterocycles. The van der Waals surface area contributed by atoms with E-state index < -0.39 is 0 Å². The summed E-state index contributed by atoms with van der Waals surface area (Å²) in [5.74, 6) is 0.722. The predicted molar refractivity (Wildman–Crippen MR) is 82.5 cm³/mol. The van der Waals surface area contributed by atoms with Crippen LogP contribution in [-0.2, 0) is 4.79 Å². The van der Waals surface area contributed by atoms with Gasteiger partial charge in [0.2, 0.25) is 5.91 Å². The van der Waals surface area contributed by atoms with E-state index in [0.717, 1.165) is 12.8 Å². The van der Waals surface area contributed by atoms with Crippen molar-refractivity contribution in [2.75, 3.05) is 5.75 Å². The minimum Gasteiger partial charge on any atom is -0.392 e. The highest BCUT2D eigenvalue weighted by atomic mass is 32.2. The third-order valence-electron chi connectivity index (χ3n) is 3.96. The van der Waals surface area contributed by atoms with Gasteiger partial charge in [-0.15, -0.1) is 11.8 Å². The molecule has 1 rings (SSSR count). The predicted octanol–water partition coefficient (Wildman–Crippen LogP) is 3.06. The van der Waals surface area contributed by atoms with Crippen LogP contribution < -0.4 is 0 Å². The van der Waals surface area contributed by atoms with Crippen LogP contribution in [0.5, 0.6) is 0 Å². The Morgan fingerprint density at radius 2 is 1.79 bits per heavy atom. The van der Waals surface area contributed by atoms with Crippen molar-refractivity contribution in [2.45, 2.75) is 83.2 Å². The second-order valence-corrected chi connectivity index (χ2v) is 7.31. The van der Waals surface area contributed by atoms with Crippen LogP contribution in [0.1, 0.15) is 59.8 Å². The van der Waals surface area contributed by atoms with Gasteiger partial charge >= 0.3 is 0 Å². The molecule has 1 amide bonds. The Morgan fingerprint density at radius 1 is 1.21 bits per heavy atom. The summed E-state index contributed by atoms with van der Waals surface area (Å²) in [6, 6.07) is 0.710. The van der Waals surface area contributed by atoms with Crippen molar-refractivity contribution in [3.8, 4) is 0 Å². The molecule has 2 atom stereocenters. The van der Waals surface area contributed by atoms with Crippen molar-refractivity contribution >= 4 is 17.7 Å². The monoisotopic (exact) mass is 287 g/mol. The molecule has 19 heavy (non-hydrogen) atoms. The summed E-state index contributed by atoms with van der Waals surface area (Å²) in [4.78, 5) is 14.5. The number of hydrogen-bond acceptors (Lipinski definition) is 3. The highest BCUT2D eigenvalue weighted by molar-refractivity contribution is 8.00. The fourth-order valence-corrected chi connectivity index (χ4v) is 3.52. The SMILES string of the molecule is CC(O)C(C)SCC(=O)N(C(C)C)C1CCCCC1. The number of aliphatic hydroxyl groups excluding tert-OH is 1. The summed E-state index contributed by atoms with van der Waals surface area (Å²) < 4.78 is 0. The lowest BCUT2D eigenvalue weighted by atomic mass is 9.93. The van der Waals surface area contributed by atoms with Crippen LogP contribution in [0.4, 0.5) is 0 Å². The van der Waals surface area contributed by atoms with Gasteiger partial charge in [-0.3, -0.25) is 4.79 Å². The van der Waals surface area contributed by atoms with E-state index in [1.807, 2.05) is 6.92 Å². The number of aliphatic hydroxyl groups is 1. The van der Waals surface area contributed by atoms with Gasteiger partial charge in [0.25, 0.3) is 0 Å². The molecule has 0 aromatic heterocycles. The van der Waals surface area contributed by atoms with E-state index in [4.69, 9.17) is 0 Å². The molecule has 0 aromatic carbocycles. The second kappa shape index (κ2) is 8.15. The van der Waals surface area contributed by atoms with E-state index >= 15 is 0 Å². The molecule has 1 saturated carbocycles. The zero-order valence-corrected chi connectivity index (χ0v) is 13.6. The van der Waals surface area contributed by atoms with Crippen molar-refractivity contribution < 1.29 is 9.90 Å². The van der Waals surface area contributed by atoms with Crippen LogP contribution in [0.2, 0.25) is 0 Å². The Bertz CT molecular complexity index is 275. The molecule has 112 valence electrons. The third-order valence-corrected chi connectivity index (χ3v) is 5.29. The standard InChI is InChI=1S/C15H29NO2S/c1-11(2)16(14-8-6-5-7-9-14)15(18)10-19-13(4)12(3)17/h11-14,17H,5-10H2,1-4H3. The Balaban J connectivity index is 2.53. The van der Waals surface area contributed by atoms with Gasteiger partial charge < -0.3 is 10.0 Å². The number of amides is 1. The first-order valence-corrected chi connectivity index (χ1v) is 8.59. The molecule has 1 aliphatic rings. The summed E-state index contributed by atoms with van der Waals surface area (Å²) in [5.41, 5.74) is 0. The number of nitrogens with zero attached hydrogens (tertiary/aromatic N) is 1. The van der Waals surface area contributed by atoms with E-state index in [1.165, 1.54) is 19.3 Å². The van der Waals surface area contributed by atoms with Crippen molar-refractivity contribution in [3.05, 3.63) is 0 Å².